The van der Waals surface area contributed by atoms with E-state index in [0.717, 1.165) is 12.8 Å². The van der Waals surface area contributed by atoms with Crippen LogP contribution in [0.1, 0.15) is 37.9 Å². The van der Waals surface area contributed by atoms with Gasteiger partial charge in [0.25, 0.3) is 0 Å². The Labute approximate surface area is 90.8 Å². The predicted molar refractivity (Wildman–Crippen MR) is 63.0 cm³/mol. The van der Waals surface area contributed by atoms with Crippen molar-refractivity contribution in [1.29, 1.82) is 0 Å². The van der Waals surface area contributed by atoms with E-state index in [1.807, 2.05) is 7.05 Å². The van der Waals surface area contributed by atoms with Crippen LogP contribution >= 0.6 is 11.3 Å². The van der Waals surface area contributed by atoms with Gasteiger partial charge in [-0.1, -0.05) is 13.3 Å². The standard InChI is InChI=1S/C11H20N2S/c1-5-6-9-8-14-10(13-9)7-11(2,3)12-4/h8,12H,5-7H2,1-4H3. The summed E-state index contributed by atoms with van der Waals surface area (Å²) in [5.41, 5.74) is 1.40. The summed E-state index contributed by atoms with van der Waals surface area (Å²) in [6, 6.07) is 0. The van der Waals surface area contributed by atoms with Crippen LogP contribution in [0.5, 0.6) is 0 Å². The van der Waals surface area contributed by atoms with Gasteiger partial charge in [-0.25, -0.2) is 4.98 Å². The Bertz CT molecular complexity index is 279. The van der Waals surface area contributed by atoms with Crippen LogP contribution in [0.4, 0.5) is 0 Å². The minimum Gasteiger partial charge on any atom is -0.314 e. The number of nitrogens with zero attached hydrogens (tertiary/aromatic N) is 1. The lowest BCUT2D eigenvalue weighted by molar-refractivity contribution is 0.421. The molecule has 1 aromatic rings. The maximum Gasteiger partial charge on any atom is 0.0946 e. The summed E-state index contributed by atoms with van der Waals surface area (Å²) in [7, 11) is 2.00. The summed E-state index contributed by atoms with van der Waals surface area (Å²) in [4.78, 5) is 4.61. The van der Waals surface area contributed by atoms with Crippen molar-refractivity contribution >= 4 is 11.3 Å². The smallest absolute Gasteiger partial charge is 0.0946 e. The van der Waals surface area contributed by atoms with Gasteiger partial charge >= 0.3 is 0 Å². The summed E-state index contributed by atoms with van der Waals surface area (Å²) < 4.78 is 0. The van der Waals surface area contributed by atoms with E-state index in [9.17, 15) is 0 Å². The SMILES string of the molecule is CCCc1csc(CC(C)(C)NC)n1. The van der Waals surface area contributed by atoms with E-state index in [-0.39, 0.29) is 5.54 Å². The Hall–Kier alpha value is -0.410. The monoisotopic (exact) mass is 212 g/mol. The van der Waals surface area contributed by atoms with Gasteiger partial charge in [0.1, 0.15) is 0 Å². The molecule has 3 heteroatoms. The molecule has 1 N–H and O–H groups in total. The number of thiazole rings is 1. The molecule has 1 rings (SSSR count). The van der Waals surface area contributed by atoms with Crippen LogP contribution in [0.3, 0.4) is 0 Å². The fraction of sp³-hybridized carbons (Fsp3) is 0.727. The zero-order valence-electron chi connectivity index (χ0n) is 9.55. The zero-order chi connectivity index (χ0) is 10.6. The van der Waals surface area contributed by atoms with Crippen LogP contribution in [0.2, 0.25) is 0 Å². The molecule has 0 spiro atoms. The average molecular weight is 212 g/mol. The Balaban J connectivity index is 2.59. The molecular formula is C11H20N2S. The number of nitrogens with one attached hydrogen (secondary N) is 1. The number of rotatable bonds is 5. The Morgan fingerprint density at radius 3 is 2.79 bits per heavy atom. The largest absolute Gasteiger partial charge is 0.314 e. The topological polar surface area (TPSA) is 24.9 Å². The summed E-state index contributed by atoms with van der Waals surface area (Å²) >= 11 is 1.78. The first-order valence-corrected chi connectivity index (χ1v) is 6.07. The molecule has 0 radical (unpaired) electrons. The second-order valence-corrected chi connectivity index (χ2v) is 5.24. The quantitative estimate of drug-likeness (QED) is 0.811. The zero-order valence-corrected chi connectivity index (χ0v) is 10.4. The van der Waals surface area contributed by atoms with Gasteiger partial charge < -0.3 is 5.32 Å². The van der Waals surface area contributed by atoms with Crippen LogP contribution < -0.4 is 5.32 Å². The predicted octanol–water partition coefficient (Wildman–Crippen LogP) is 2.64. The third-order valence-corrected chi connectivity index (χ3v) is 3.27. The molecule has 0 saturated heterocycles. The summed E-state index contributed by atoms with van der Waals surface area (Å²) in [6.07, 6.45) is 3.30. The third-order valence-electron chi connectivity index (χ3n) is 2.38. The maximum absolute atomic E-state index is 4.61. The van der Waals surface area contributed by atoms with Gasteiger partial charge in [0, 0.05) is 17.3 Å². The number of hydrogen-bond donors (Lipinski definition) is 1. The van der Waals surface area contributed by atoms with Crippen molar-refractivity contribution in [2.45, 2.75) is 45.6 Å². The molecule has 0 aromatic carbocycles. The van der Waals surface area contributed by atoms with E-state index in [0.29, 0.717) is 0 Å². The number of aryl methyl sites for hydroxylation is 1. The average Bonchev–Trinajstić information content (AvgIpc) is 2.53. The highest BCUT2D eigenvalue weighted by Gasteiger charge is 2.17. The lowest BCUT2D eigenvalue weighted by Crippen LogP contribution is -2.38. The summed E-state index contributed by atoms with van der Waals surface area (Å²) in [5, 5.41) is 6.73. The van der Waals surface area contributed by atoms with Crippen molar-refractivity contribution < 1.29 is 0 Å². The van der Waals surface area contributed by atoms with E-state index < -0.39 is 0 Å². The van der Waals surface area contributed by atoms with Gasteiger partial charge in [-0.05, 0) is 27.3 Å². The molecule has 0 amide bonds. The molecule has 0 saturated carbocycles. The fourth-order valence-electron chi connectivity index (χ4n) is 1.27. The summed E-state index contributed by atoms with van der Waals surface area (Å²) in [5.74, 6) is 0. The molecule has 14 heavy (non-hydrogen) atoms. The molecule has 0 fully saturated rings. The van der Waals surface area contributed by atoms with E-state index in [2.05, 4.69) is 36.5 Å². The molecule has 2 nitrogen and oxygen atoms in total. The first-order valence-electron chi connectivity index (χ1n) is 5.19. The van der Waals surface area contributed by atoms with Gasteiger partial charge in [-0.2, -0.15) is 0 Å². The van der Waals surface area contributed by atoms with Crippen molar-refractivity contribution in [1.82, 2.24) is 10.3 Å². The Morgan fingerprint density at radius 2 is 2.21 bits per heavy atom. The first-order chi connectivity index (χ1) is 6.57. The van der Waals surface area contributed by atoms with Crippen molar-refractivity contribution in [2.75, 3.05) is 7.05 Å². The number of aromatic nitrogens is 1. The van der Waals surface area contributed by atoms with Gasteiger partial charge in [-0.15, -0.1) is 11.3 Å². The minimum absolute atomic E-state index is 0.154. The molecule has 0 atom stereocenters. The highest BCUT2D eigenvalue weighted by atomic mass is 32.1. The van der Waals surface area contributed by atoms with E-state index >= 15 is 0 Å². The van der Waals surface area contributed by atoms with Crippen molar-refractivity contribution in [2.24, 2.45) is 0 Å². The van der Waals surface area contributed by atoms with Crippen LogP contribution in [0.15, 0.2) is 5.38 Å². The highest BCUT2D eigenvalue weighted by Crippen LogP contribution is 2.17. The first kappa shape index (κ1) is 11.7. The third kappa shape index (κ3) is 3.39. The van der Waals surface area contributed by atoms with Crippen molar-refractivity contribution in [3.8, 4) is 0 Å². The maximum atomic E-state index is 4.61. The number of likely N-dealkylation sites (N-methyl/N-ethyl adjacent to an activating group) is 1. The molecule has 0 bridgehead atoms. The molecule has 0 aliphatic rings. The van der Waals surface area contributed by atoms with Gasteiger partial charge in [0.05, 0.1) is 10.7 Å². The fourth-order valence-corrected chi connectivity index (χ4v) is 2.32. The number of hydrogen-bond acceptors (Lipinski definition) is 3. The molecule has 0 unspecified atom stereocenters. The Morgan fingerprint density at radius 1 is 1.50 bits per heavy atom. The normalized spacial score (nSPS) is 12.0. The van der Waals surface area contributed by atoms with Gasteiger partial charge in [-0.3, -0.25) is 0 Å². The lowest BCUT2D eigenvalue weighted by Gasteiger charge is -2.22. The van der Waals surface area contributed by atoms with Crippen LogP contribution in [0, 0.1) is 0 Å². The molecule has 0 aliphatic carbocycles. The van der Waals surface area contributed by atoms with Crippen LogP contribution in [-0.4, -0.2) is 17.6 Å². The molecule has 0 aliphatic heterocycles. The van der Waals surface area contributed by atoms with Gasteiger partial charge in [0.2, 0.25) is 0 Å². The van der Waals surface area contributed by atoms with E-state index in [1.165, 1.54) is 17.1 Å². The second kappa shape index (κ2) is 4.89. The lowest BCUT2D eigenvalue weighted by atomic mass is 10.0. The van der Waals surface area contributed by atoms with Crippen molar-refractivity contribution in [3.05, 3.63) is 16.1 Å². The van der Waals surface area contributed by atoms with Crippen LogP contribution in [0.25, 0.3) is 0 Å². The van der Waals surface area contributed by atoms with E-state index in [4.69, 9.17) is 0 Å². The van der Waals surface area contributed by atoms with Gasteiger partial charge in [0.15, 0.2) is 0 Å². The molecule has 80 valence electrons. The van der Waals surface area contributed by atoms with E-state index in [1.54, 1.807) is 11.3 Å². The second-order valence-electron chi connectivity index (χ2n) is 4.29. The Kier molecular flexibility index (Phi) is 4.08. The summed E-state index contributed by atoms with van der Waals surface area (Å²) in [6.45, 7) is 6.60. The van der Waals surface area contributed by atoms with Crippen LogP contribution in [-0.2, 0) is 12.8 Å². The highest BCUT2D eigenvalue weighted by molar-refractivity contribution is 7.09. The molecular weight excluding hydrogens is 192 g/mol. The molecule has 1 aromatic heterocycles. The minimum atomic E-state index is 0.154. The van der Waals surface area contributed by atoms with Crippen molar-refractivity contribution in [3.63, 3.8) is 0 Å². The molecule has 1 heterocycles.